The number of ether oxygens (including phenoxy) is 7. The van der Waals surface area contributed by atoms with Gasteiger partial charge in [-0.3, -0.25) is 24.0 Å². The van der Waals surface area contributed by atoms with Gasteiger partial charge in [0.25, 0.3) is 0 Å². The summed E-state index contributed by atoms with van der Waals surface area (Å²) in [6.45, 7) is 4.56. The smallest absolute Gasteiger partial charge is 0.303 e. The molecule has 1 fully saturated rings. The maximum atomic E-state index is 11.8. The largest absolute Gasteiger partial charge is 0.463 e. The van der Waals surface area contributed by atoms with Crippen LogP contribution in [0.15, 0.2) is 0 Å². The number of hydrogen-bond donors (Lipinski definition) is 0. The quantitative estimate of drug-likeness (QED) is 0.363. The number of carbonyl (C=O) groups excluding carboxylic acids is 5. The van der Waals surface area contributed by atoms with Gasteiger partial charge in [-0.05, 0) is 0 Å². The van der Waals surface area contributed by atoms with Crippen LogP contribution in [0.1, 0.15) is 34.6 Å². The lowest BCUT2D eigenvalue weighted by atomic mass is 9.91. The van der Waals surface area contributed by atoms with Crippen LogP contribution >= 0.6 is 0 Å². The van der Waals surface area contributed by atoms with Gasteiger partial charge in [0.2, 0.25) is 5.79 Å². The molecule has 0 aromatic carbocycles. The zero-order valence-corrected chi connectivity index (χ0v) is 17.6. The van der Waals surface area contributed by atoms with Crippen LogP contribution in [-0.2, 0) is 57.1 Å². The maximum absolute atomic E-state index is 11.8. The van der Waals surface area contributed by atoms with E-state index in [0.29, 0.717) is 0 Å². The van der Waals surface area contributed by atoms with Gasteiger partial charge in [0, 0.05) is 41.7 Å². The van der Waals surface area contributed by atoms with E-state index in [0.717, 1.165) is 34.6 Å². The van der Waals surface area contributed by atoms with E-state index in [4.69, 9.17) is 33.2 Å². The average Bonchev–Trinajstić information content (AvgIpc) is 2.61. The summed E-state index contributed by atoms with van der Waals surface area (Å²) in [5, 5.41) is 0. The SMILES string of the molecule is CO[C@@]1(COC(C)=O)O[C@H](COC(C)=O)[C@H](OC(C)=O)[C@H](OC(C)=O)[C@@H]1OC(C)=O. The maximum Gasteiger partial charge on any atom is 0.303 e. The first-order valence-electron chi connectivity index (χ1n) is 8.93. The molecule has 0 spiro atoms. The molecule has 12 nitrogen and oxygen atoms in total. The lowest BCUT2D eigenvalue weighted by molar-refractivity contribution is -0.367. The van der Waals surface area contributed by atoms with Gasteiger partial charge in [0.05, 0.1) is 0 Å². The van der Waals surface area contributed by atoms with Crippen molar-refractivity contribution in [1.29, 1.82) is 0 Å². The Kier molecular flexibility index (Phi) is 9.18. The van der Waals surface area contributed by atoms with Crippen LogP contribution in [0.5, 0.6) is 0 Å². The second-order valence-corrected chi connectivity index (χ2v) is 6.43. The zero-order valence-electron chi connectivity index (χ0n) is 17.6. The first-order valence-corrected chi connectivity index (χ1v) is 8.93. The molecule has 5 atom stereocenters. The number of rotatable bonds is 8. The first-order chi connectivity index (χ1) is 13.9. The summed E-state index contributed by atoms with van der Waals surface area (Å²) in [5.41, 5.74) is 0. The highest BCUT2D eigenvalue weighted by atomic mass is 16.8. The normalized spacial score (nSPS) is 28.1. The van der Waals surface area contributed by atoms with Gasteiger partial charge in [0.1, 0.15) is 19.3 Å². The third-order valence-corrected chi connectivity index (χ3v) is 3.94. The van der Waals surface area contributed by atoms with Crippen LogP contribution in [0.4, 0.5) is 0 Å². The molecule has 1 aliphatic heterocycles. The van der Waals surface area contributed by atoms with Crippen LogP contribution in [0.25, 0.3) is 0 Å². The van der Waals surface area contributed by atoms with Crippen LogP contribution < -0.4 is 0 Å². The van der Waals surface area contributed by atoms with Crippen LogP contribution in [0.2, 0.25) is 0 Å². The van der Waals surface area contributed by atoms with E-state index < -0.39 is 73.3 Å². The first kappa shape index (κ1) is 25.3. The molecule has 0 amide bonds. The minimum absolute atomic E-state index is 0.428. The molecule has 0 unspecified atom stereocenters. The van der Waals surface area contributed by atoms with Crippen molar-refractivity contribution in [3.63, 3.8) is 0 Å². The topological polar surface area (TPSA) is 150 Å². The minimum Gasteiger partial charge on any atom is -0.463 e. The molecule has 12 heteroatoms. The Morgan fingerprint density at radius 1 is 0.733 bits per heavy atom. The fraction of sp³-hybridized carbons (Fsp3) is 0.722. The highest BCUT2D eigenvalue weighted by molar-refractivity contribution is 5.69. The van der Waals surface area contributed by atoms with Crippen LogP contribution in [-0.4, -0.2) is 80.4 Å². The molecule has 0 radical (unpaired) electrons. The standard InChI is InChI=1S/C18H26O12/c1-9(19)25-7-14-15(27-11(3)21)16(28-12(4)22)17(29-13(5)23)18(24-6,30-14)8-26-10(2)20/h14-17H,7-8H2,1-6H3/t14-,15+,16+,17+,18+/m1/s1. The van der Waals surface area contributed by atoms with Crippen molar-refractivity contribution >= 4 is 29.8 Å². The summed E-state index contributed by atoms with van der Waals surface area (Å²) in [4.78, 5) is 57.8. The summed E-state index contributed by atoms with van der Waals surface area (Å²) >= 11 is 0. The Morgan fingerprint density at radius 2 is 1.23 bits per heavy atom. The Morgan fingerprint density at radius 3 is 1.67 bits per heavy atom. The van der Waals surface area contributed by atoms with Gasteiger partial charge >= 0.3 is 29.8 Å². The molecule has 0 aliphatic carbocycles. The second-order valence-electron chi connectivity index (χ2n) is 6.43. The van der Waals surface area contributed by atoms with Crippen molar-refractivity contribution in [3.8, 4) is 0 Å². The number of hydrogen-bond acceptors (Lipinski definition) is 12. The van der Waals surface area contributed by atoms with Gasteiger partial charge in [-0.25, -0.2) is 0 Å². The van der Waals surface area contributed by atoms with E-state index in [1.165, 1.54) is 7.11 Å². The second kappa shape index (κ2) is 10.9. The monoisotopic (exact) mass is 434 g/mol. The Hall–Kier alpha value is -2.73. The molecule has 0 N–H and O–H groups in total. The molecule has 170 valence electrons. The number of methoxy groups -OCH3 is 1. The summed E-state index contributed by atoms with van der Waals surface area (Å²) in [6, 6.07) is 0. The molecule has 1 rings (SSSR count). The van der Waals surface area contributed by atoms with Crippen molar-refractivity contribution in [2.75, 3.05) is 20.3 Å². The molecule has 1 heterocycles. The van der Waals surface area contributed by atoms with E-state index in [9.17, 15) is 24.0 Å². The average molecular weight is 434 g/mol. The predicted octanol–water partition coefficient (Wildman–Crippen LogP) is -0.351. The minimum atomic E-state index is -1.96. The van der Waals surface area contributed by atoms with E-state index in [1.54, 1.807) is 0 Å². The van der Waals surface area contributed by atoms with Crippen molar-refractivity contribution in [3.05, 3.63) is 0 Å². The lowest BCUT2D eigenvalue weighted by Crippen LogP contribution is -2.70. The molecular weight excluding hydrogens is 408 g/mol. The van der Waals surface area contributed by atoms with Crippen molar-refractivity contribution in [2.24, 2.45) is 0 Å². The number of esters is 5. The van der Waals surface area contributed by atoms with E-state index in [1.807, 2.05) is 0 Å². The van der Waals surface area contributed by atoms with E-state index in [2.05, 4.69) is 0 Å². The Bertz CT molecular complexity index is 674. The Labute approximate surface area is 173 Å². The molecule has 0 bridgehead atoms. The van der Waals surface area contributed by atoms with Crippen molar-refractivity contribution in [1.82, 2.24) is 0 Å². The highest BCUT2D eigenvalue weighted by Crippen LogP contribution is 2.37. The van der Waals surface area contributed by atoms with Crippen LogP contribution in [0, 0.1) is 0 Å². The van der Waals surface area contributed by atoms with E-state index >= 15 is 0 Å². The van der Waals surface area contributed by atoms with Crippen molar-refractivity contribution in [2.45, 2.75) is 64.8 Å². The van der Waals surface area contributed by atoms with Gasteiger partial charge in [-0.1, -0.05) is 0 Å². The van der Waals surface area contributed by atoms with Gasteiger partial charge < -0.3 is 33.2 Å². The molecule has 30 heavy (non-hydrogen) atoms. The lowest BCUT2D eigenvalue weighted by Gasteiger charge is -2.49. The molecule has 0 aromatic rings. The van der Waals surface area contributed by atoms with E-state index in [-0.39, 0.29) is 0 Å². The Balaban J connectivity index is 3.51. The van der Waals surface area contributed by atoms with Gasteiger partial charge in [-0.2, -0.15) is 0 Å². The summed E-state index contributed by atoms with van der Waals surface area (Å²) in [5.74, 6) is -5.67. The van der Waals surface area contributed by atoms with Crippen LogP contribution in [0.3, 0.4) is 0 Å². The third-order valence-electron chi connectivity index (χ3n) is 3.94. The van der Waals surface area contributed by atoms with Crippen molar-refractivity contribution < 1.29 is 57.1 Å². The van der Waals surface area contributed by atoms with Gasteiger partial charge in [0.15, 0.2) is 18.3 Å². The fourth-order valence-electron chi connectivity index (χ4n) is 2.89. The fourth-order valence-corrected chi connectivity index (χ4v) is 2.89. The molecule has 0 saturated carbocycles. The molecule has 1 saturated heterocycles. The summed E-state index contributed by atoms with van der Waals surface area (Å²) in [7, 11) is 1.18. The molecule has 1 aliphatic rings. The highest BCUT2D eigenvalue weighted by Gasteiger charge is 2.61. The summed E-state index contributed by atoms with van der Waals surface area (Å²) in [6.07, 6.45) is -5.48. The molecular formula is C18H26O12. The molecule has 0 aromatic heterocycles. The number of carbonyl (C=O) groups is 5. The predicted molar refractivity (Wildman–Crippen MR) is 94.5 cm³/mol. The third kappa shape index (κ3) is 6.95. The zero-order chi connectivity index (χ0) is 23.1. The summed E-state index contributed by atoms with van der Waals surface area (Å²) < 4.78 is 37.0. The van der Waals surface area contributed by atoms with Gasteiger partial charge in [-0.15, -0.1) is 0 Å².